The Balaban J connectivity index is 0.000000230. The Bertz CT molecular complexity index is 4550. The van der Waals surface area contributed by atoms with Crippen molar-refractivity contribution >= 4 is 40.5 Å². The van der Waals surface area contributed by atoms with Gasteiger partial charge in [0.15, 0.2) is 17.0 Å². The van der Waals surface area contributed by atoms with Gasteiger partial charge in [0, 0.05) is 59.8 Å². The molecule has 1 aliphatic rings. The van der Waals surface area contributed by atoms with E-state index in [-0.39, 0.29) is 13.2 Å². The average molecular weight is 1270 g/mol. The molecule has 2 aromatic heterocycles. The van der Waals surface area contributed by atoms with Crippen molar-refractivity contribution in [2.24, 2.45) is 0 Å². The van der Waals surface area contributed by atoms with Gasteiger partial charge < -0.3 is 29.5 Å². The zero-order valence-electron chi connectivity index (χ0n) is 51.9. The van der Waals surface area contributed by atoms with Crippen molar-refractivity contribution < 1.29 is 43.9 Å². The lowest BCUT2D eigenvalue weighted by atomic mass is 9.89. The van der Waals surface area contributed by atoms with Gasteiger partial charge in [0.1, 0.15) is 30.5 Å². The maximum atomic E-state index is 14.3. The largest absolute Gasteiger partial charge is 0.440 e. The molecule has 0 aliphatic carbocycles. The molecule has 2 amide bonds. The monoisotopic (exact) mass is 1270 g/mol. The number of aliphatic hydroxyl groups excluding tert-OH is 3. The first-order chi connectivity index (χ1) is 45.7. The van der Waals surface area contributed by atoms with E-state index in [2.05, 4.69) is 164 Å². The molecule has 458 valence electrons. The van der Waals surface area contributed by atoms with Gasteiger partial charge in [0.25, 0.3) is 5.91 Å². The van der Waals surface area contributed by atoms with Crippen molar-refractivity contribution in [3.05, 3.63) is 189 Å². The number of hydrogen-bond donors (Lipinski definition) is 3. The van der Waals surface area contributed by atoms with Gasteiger partial charge in [0.05, 0.1) is 34.0 Å². The molecule has 12 nitrogen and oxygen atoms in total. The normalized spacial score (nSPS) is 13.1. The van der Waals surface area contributed by atoms with Crippen molar-refractivity contribution in [3.63, 3.8) is 0 Å². The number of ether oxygens (including phenoxy) is 3. The Morgan fingerprint density at radius 3 is 1.16 bits per heavy atom. The van der Waals surface area contributed by atoms with E-state index in [9.17, 15) is 29.7 Å². The second-order valence-corrected chi connectivity index (χ2v) is 21.9. The zero-order valence-corrected chi connectivity index (χ0v) is 53.5. The molecule has 0 unspecified atom stereocenters. The first kappa shape index (κ1) is 71.1. The van der Waals surface area contributed by atoms with Crippen LogP contribution in [0, 0.1) is 154 Å². The summed E-state index contributed by atoms with van der Waals surface area (Å²) in [7, 11) is 0. The molecule has 0 saturated carbocycles. The number of aromatic nitrogens is 2. The molecule has 8 rings (SSSR count). The Morgan fingerprint density at radius 2 is 0.830 bits per heavy atom. The third-order valence-corrected chi connectivity index (χ3v) is 14.9. The van der Waals surface area contributed by atoms with Crippen LogP contribution in [0.2, 0.25) is 0 Å². The van der Waals surface area contributed by atoms with Gasteiger partial charge in [-0.1, -0.05) is 151 Å². The first-order valence-corrected chi connectivity index (χ1v) is 30.2. The third-order valence-electron chi connectivity index (χ3n) is 13.3. The molecule has 7 aromatic rings. The summed E-state index contributed by atoms with van der Waals surface area (Å²) in [5.41, 5.74) is 5.56. The maximum absolute atomic E-state index is 14.3. The van der Waals surface area contributed by atoms with Crippen molar-refractivity contribution in [1.82, 2.24) is 14.9 Å². The zero-order chi connectivity index (χ0) is 67.3. The fourth-order valence-electron chi connectivity index (χ4n) is 8.49. The van der Waals surface area contributed by atoms with Gasteiger partial charge in [-0.05, 0) is 175 Å². The van der Waals surface area contributed by atoms with Gasteiger partial charge in [-0.2, -0.15) is 0 Å². The van der Waals surface area contributed by atoms with Crippen LogP contribution in [-0.2, 0) is 37.0 Å². The lowest BCUT2D eigenvalue weighted by molar-refractivity contribution is -0.174. The fourth-order valence-corrected chi connectivity index (χ4v) is 9.93. The van der Waals surface area contributed by atoms with E-state index in [4.69, 9.17) is 14.2 Å². The lowest BCUT2D eigenvalue weighted by Gasteiger charge is -2.37. The number of ketones is 1. The van der Waals surface area contributed by atoms with Crippen LogP contribution in [0.15, 0.2) is 163 Å². The minimum atomic E-state index is -1.81. The predicted octanol–water partition coefficient (Wildman–Crippen LogP) is 10.8. The topological polar surface area (TPSA) is 169 Å². The highest BCUT2D eigenvalue weighted by Crippen LogP contribution is 2.45. The number of Topliss-reactive ketones (excluding diaryl/α,β-unsaturated/α-hetero) is 1. The molecule has 0 radical (unpaired) electrons. The third kappa shape index (κ3) is 21.6. The van der Waals surface area contributed by atoms with E-state index >= 15 is 0 Å². The number of carbonyl (C=O) groups is 3. The molecular weight excluding hydrogens is 1210 g/mol. The maximum Gasteiger partial charge on any atom is 0.417 e. The highest BCUT2D eigenvalue weighted by Gasteiger charge is 2.57. The molecule has 1 aliphatic heterocycles. The van der Waals surface area contributed by atoms with Gasteiger partial charge in [-0.15, -0.1) is 22.7 Å². The van der Waals surface area contributed by atoms with Crippen LogP contribution in [0.4, 0.5) is 4.79 Å². The average Bonchev–Trinajstić information content (AvgIpc) is 1.58. The molecule has 94 heavy (non-hydrogen) atoms. The lowest BCUT2D eigenvalue weighted by Crippen LogP contribution is -2.54. The smallest absolute Gasteiger partial charge is 0.417 e. The molecule has 3 heterocycles. The Hall–Kier alpha value is -12.0. The number of carbonyl (C=O) groups excluding carboxylic acids is 3. The van der Waals surface area contributed by atoms with Crippen molar-refractivity contribution in [3.8, 4) is 176 Å². The predicted molar refractivity (Wildman–Crippen MR) is 365 cm³/mol. The number of benzene rings is 5. The van der Waals surface area contributed by atoms with Crippen molar-refractivity contribution in [1.29, 1.82) is 0 Å². The quantitative estimate of drug-likeness (QED) is 0.0788. The number of rotatable bonds is 16. The molecular formula is C80H57N3O9S2. The number of cyclic esters (lactones) is 1. The Morgan fingerprint density at radius 1 is 0.511 bits per heavy atom. The molecule has 3 N–H and O–H groups in total. The Kier molecular flexibility index (Phi) is 28.7. The molecule has 5 aromatic carbocycles. The van der Waals surface area contributed by atoms with E-state index in [0.717, 1.165) is 43.8 Å². The second kappa shape index (κ2) is 37.9. The summed E-state index contributed by atoms with van der Waals surface area (Å²) >= 11 is 2.44. The van der Waals surface area contributed by atoms with Gasteiger partial charge in [0.2, 0.25) is 0 Å². The molecule has 14 heteroatoms. The highest BCUT2D eigenvalue weighted by atomic mass is 32.1. The van der Waals surface area contributed by atoms with Crippen LogP contribution in [0.3, 0.4) is 0 Å². The molecule has 1 saturated heterocycles. The van der Waals surface area contributed by atoms with Crippen molar-refractivity contribution in [2.75, 3.05) is 6.61 Å². The van der Waals surface area contributed by atoms with Gasteiger partial charge >= 0.3 is 6.09 Å². The SMILES string of the molecule is CC#CC#CC#CC#CC#CC#CC#CC#CC#CC#CC#CC#CC#CC.CC1(C)OC(=O)N(C(=O)[C@@](C)(OCc2ccc(-c3ccccc3)cc2)[C@@H](O)c2cncs2)[C@H]1c1ccccc1.C[C@@](OCc1ccc(-c2ccccc2)cc1)(C(=O)CO)[C@@H](O)c1cncs1. The number of hydrogen-bond acceptors (Lipinski definition) is 13. The number of thiazole rings is 2. The minimum Gasteiger partial charge on any atom is -0.440 e. The van der Waals surface area contributed by atoms with Crippen LogP contribution in [-0.4, -0.2) is 71.4 Å². The fraction of sp³-hybridized carbons (Fsp3) is 0.188. The van der Waals surface area contributed by atoms with E-state index in [1.54, 1.807) is 38.7 Å². The summed E-state index contributed by atoms with van der Waals surface area (Å²) in [6.07, 6.45) is -0.351. The summed E-state index contributed by atoms with van der Waals surface area (Å²) in [6.45, 7) is 9.39. The number of imide groups is 1. The van der Waals surface area contributed by atoms with Crippen LogP contribution in [0.5, 0.6) is 0 Å². The first-order valence-electron chi connectivity index (χ1n) is 28.5. The van der Waals surface area contributed by atoms with Crippen LogP contribution in [0.25, 0.3) is 22.3 Å². The van der Waals surface area contributed by atoms with Gasteiger partial charge in [-0.3, -0.25) is 19.6 Å². The minimum absolute atomic E-state index is 0.0372. The standard InChI is InChI=1S/C31H30N2O5S.C28H6.C21H21NO4S/c1-30(2)26(24-12-8-5-9-13-24)33(29(36)38-30)28(35)31(3,27(34)25-18-32-20-39-25)37-19-21-14-16-23(17-15-21)22-10-6-4-7-11-22;1-3-5-7-9-11-13-15-17-19-21-23-25-27-28-26-24-22-20-18-16-14-12-10-8-6-4-2;1-21(19(24)12-23,20(25)18-11-22-14-27-18)26-13-15-7-9-17(10-8-15)16-5-3-2-4-6-16/h4-18,20,26-27,34H,19H2,1-3H3;1-2H3;2-11,14,20,23,25H,12-13H2,1H3/t26-,27-,31-;;20-,21+/m0.0/s1. The summed E-state index contributed by atoms with van der Waals surface area (Å²) in [5, 5.41) is 31.4. The van der Waals surface area contributed by atoms with Crippen LogP contribution < -0.4 is 0 Å². The molecule has 0 spiro atoms. The van der Waals surface area contributed by atoms with Gasteiger partial charge in [-0.25, -0.2) is 9.69 Å². The highest BCUT2D eigenvalue weighted by molar-refractivity contribution is 7.10. The van der Waals surface area contributed by atoms with Crippen LogP contribution >= 0.6 is 22.7 Å². The molecule has 5 atom stereocenters. The molecule has 1 fully saturated rings. The van der Waals surface area contributed by atoms with E-state index in [1.807, 2.05) is 140 Å². The van der Waals surface area contributed by atoms with Crippen molar-refractivity contribution in [2.45, 2.75) is 89.8 Å². The second-order valence-electron chi connectivity index (χ2n) is 20.1. The summed E-state index contributed by atoms with van der Waals surface area (Å²) in [5.74, 6) is 64.3. The summed E-state index contributed by atoms with van der Waals surface area (Å²) in [4.78, 5) is 49.7. The number of aliphatic hydroxyl groups is 3. The van der Waals surface area contributed by atoms with E-state index in [0.29, 0.717) is 9.75 Å². The summed E-state index contributed by atoms with van der Waals surface area (Å²) < 4.78 is 17.7. The molecule has 0 bridgehead atoms. The van der Waals surface area contributed by atoms with E-state index in [1.165, 1.54) is 48.9 Å². The van der Waals surface area contributed by atoms with E-state index < -0.39 is 59.4 Å². The van der Waals surface area contributed by atoms with Crippen LogP contribution in [0.1, 0.15) is 86.2 Å². The number of amides is 2. The summed E-state index contributed by atoms with van der Waals surface area (Å²) in [6, 6.07) is 44.2. The number of nitrogens with zero attached hydrogens (tertiary/aromatic N) is 3. The Labute approximate surface area is 558 Å².